The molecule has 32 heavy (non-hydrogen) atoms. The Morgan fingerprint density at radius 1 is 0.594 bits per heavy atom. The number of imide groups is 2. The summed E-state index contributed by atoms with van der Waals surface area (Å²) in [6.07, 6.45) is 1.22. The number of nitrogens with one attached hydrogen (secondary N) is 2. The topological polar surface area (TPSA) is 137 Å². The van der Waals surface area contributed by atoms with Crippen LogP contribution in [0.3, 0.4) is 0 Å². The van der Waals surface area contributed by atoms with E-state index in [1.165, 1.54) is 6.33 Å². The monoisotopic (exact) mass is 429 g/mol. The van der Waals surface area contributed by atoms with Gasteiger partial charge in [-0.1, -0.05) is 24.3 Å². The summed E-state index contributed by atoms with van der Waals surface area (Å²) in [6.45, 7) is -0.261. The average molecular weight is 429 g/mol. The lowest BCUT2D eigenvalue weighted by Crippen LogP contribution is -2.35. The first-order chi connectivity index (χ1) is 15.5. The lowest BCUT2D eigenvalue weighted by atomic mass is 10.1. The SMILES string of the molecule is O=C1c2ccccc2C(=O)N1CNc1ncnc(NCN2C(=O)c3ccccc3C2=O)n1. The molecule has 0 unspecified atom stereocenters. The van der Waals surface area contributed by atoms with Crippen molar-refractivity contribution in [3.05, 3.63) is 77.1 Å². The molecule has 0 fully saturated rings. The molecule has 0 spiro atoms. The zero-order valence-electron chi connectivity index (χ0n) is 16.5. The summed E-state index contributed by atoms with van der Waals surface area (Å²) in [7, 11) is 0. The molecule has 2 aliphatic heterocycles. The van der Waals surface area contributed by atoms with Crippen LogP contribution < -0.4 is 10.6 Å². The second-order valence-electron chi connectivity index (χ2n) is 6.97. The van der Waals surface area contributed by atoms with Crippen LogP contribution in [-0.4, -0.2) is 61.7 Å². The fourth-order valence-electron chi connectivity index (χ4n) is 3.53. The van der Waals surface area contributed by atoms with Gasteiger partial charge in [0.1, 0.15) is 19.7 Å². The van der Waals surface area contributed by atoms with Crippen molar-refractivity contribution >= 4 is 35.5 Å². The smallest absolute Gasteiger partial charge is 0.263 e. The van der Waals surface area contributed by atoms with E-state index < -0.39 is 23.6 Å². The number of aromatic nitrogens is 3. The van der Waals surface area contributed by atoms with Crippen molar-refractivity contribution in [1.29, 1.82) is 0 Å². The van der Waals surface area contributed by atoms with Crippen molar-refractivity contribution in [2.75, 3.05) is 24.0 Å². The molecule has 2 aliphatic rings. The highest BCUT2D eigenvalue weighted by Gasteiger charge is 2.36. The third kappa shape index (κ3) is 3.12. The van der Waals surface area contributed by atoms with E-state index in [1.54, 1.807) is 48.5 Å². The van der Waals surface area contributed by atoms with Crippen LogP contribution in [0.2, 0.25) is 0 Å². The first kappa shape index (κ1) is 19.3. The van der Waals surface area contributed by atoms with E-state index in [0.29, 0.717) is 22.3 Å². The summed E-state index contributed by atoms with van der Waals surface area (Å²) in [5, 5.41) is 5.63. The minimum absolute atomic E-state index is 0.112. The first-order valence-electron chi connectivity index (χ1n) is 9.62. The number of fused-ring (bicyclic) bond motifs is 2. The predicted octanol–water partition coefficient (Wildman–Crippen LogP) is 1.20. The van der Waals surface area contributed by atoms with Gasteiger partial charge in [-0.05, 0) is 24.3 Å². The van der Waals surface area contributed by atoms with Crippen LogP contribution in [0.15, 0.2) is 54.9 Å². The van der Waals surface area contributed by atoms with Crippen LogP contribution in [-0.2, 0) is 0 Å². The fourth-order valence-corrected chi connectivity index (χ4v) is 3.53. The van der Waals surface area contributed by atoms with Crippen LogP contribution in [0.1, 0.15) is 41.4 Å². The van der Waals surface area contributed by atoms with E-state index >= 15 is 0 Å². The number of rotatable bonds is 6. The summed E-state index contributed by atoms with van der Waals surface area (Å²) < 4.78 is 0. The van der Waals surface area contributed by atoms with Gasteiger partial charge in [0.15, 0.2) is 0 Å². The Hall–Kier alpha value is -4.67. The predicted molar refractivity (Wildman–Crippen MR) is 111 cm³/mol. The van der Waals surface area contributed by atoms with Crippen LogP contribution in [0, 0.1) is 0 Å². The number of hydrogen-bond donors (Lipinski definition) is 2. The summed E-state index contributed by atoms with van der Waals surface area (Å²) in [5.41, 5.74) is 1.38. The van der Waals surface area contributed by atoms with Gasteiger partial charge in [-0.3, -0.25) is 29.0 Å². The van der Waals surface area contributed by atoms with Gasteiger partial charge in [0, 0.05) is 0 Å². The Bertz CT molecular complexity index is 1130. The maximum Gasteiger partial charge on any atom is 0.263 e. The molecule has 0 atom stereocenters. The lowest BCUT2D eigenvalue weighted by Gasteiger charge is -2.16. The largest absolute Gasteiger partial charge is 0.336 e. The van der Waals surface area contributed by atoms with Crippen molar-refractivity contribution in [2.24, 2.45) is 0 Å². The molecule has 11 nitrogen and oxygen atoms in total. The number of anilines is 2. The van der Waals surface area contributed by atoms with Gasteiger partial charge in [0.2, 0.25) is 11.9 Å². The number of hydrogen-bond acceptors (Lipinski definition) is 9. The number of amides is 4. The quantitative estimate of drug-likeness (QED) is 0.554. The van der Waals surface area contributed by atoms with Crippen molar-refractivity contribution in [1.82, 2.24) is 24.8 Å². The number of carbonyl (C=O) groups is 4. The Morgan fingerprint density at radius 2 is 0.938 bits per heavy atom. The van der Waals surface area contributed by atoms with E-state index in [-0.39, 0.29) is 25.2 Å². The Kier molecular flexibility index (Phi) is 4.55. The van der Waals surface area contributed by atoms with Gasteiger partial charge in [0.05, 0.1) is 22.3 Å². The highest BCUT2D eigenvalue weighted by Crippen LogP contribution is 2.23. The molecule has 0 aliphatic carbocycles. The third-order valence-electron chi connectivity index (χ3n) is 5.12. The molecule has 0 bridgehead atoms. The summed E-state index contributed by atoms with van der Waals surface area (Å²) in [4.78, 5) is 63.9. The number of nitrogens with zero attached hydrogens (tertiary/aromatic N) is 5. The molecule has 4 amide bonds. The van der Waals surface area contributed by atoms with Crippen molar-refractivity contribution in [3.63, 3.8) is 0 Å². The van der Waals surface area contributed by atoms with E-state index in [2.05, 4.69) is 25.6 Å². The molecule has 11 heteroatoms. The minimum atomic E-state index is -0.406. The molecular formula is C21H15N7O4. The van der Waals surface area contributed by atoms with Crippen molar-refractivity contribution in [3.8, 4) is 0 Å². The van der Waals surface area contributed by atoms with Gasteiger partial charge in [-0.15, -0.1) is 0 Å². The summed E-state index contributed by atoms with van der Waals surface area (Å²) in [5.74, 6) is -1.40. The number of benzene rings is 2. The highest BCUT2D eigenvalue weighted by atomic mass is 16.2. The van der Waals surface area contributed by atoms with Gasteiger partial charge in [-0.2, -0.15) is 4.98 Å². The molecule has 0 saturated heterocycles. The average Bonchev–Trinajstić information content (AvgIpc) is 3.21. The van der Waals surface area contributed by atoms with Crippen LogP contribution in [0.4, 0.5) is 11.9 Å². The lowest BCUT2D eigenvalue weighted by molar-refractivity contribution is 0.0650. The second kappa shape index (κ2) is 7.54. The highest BCUT2D eigenvalue weighted by molar-refractivity contribution is 6.22. The molecule has 3 heterocycles. The second-order valence-corrected chi connectivity index (χ2v) is 6.97. The van der Waals surface area contributed by atoms with Crippen LogP contribution >= 0.6 is 0 Å². The first-order valence-corrected chi connectivity index (χ1v) is 9.62. The molecule has 1 aromatic heterocycles. The molecule has 2 N–H and O–H groups in total. The zero-order chi connectivity index (χ0) is 22.2. The molecule has 0 saturated carbocycles. The Morgan fingerprint density at radius 3 is 1.28 bits per heavy atom. The summed E-state index contributed by atoms with van der Waals surface area (Å²) >= 11 is 0. The standard InChI is InChI=1S/C21H15N7O4/c29-16-12-5-1-2-6-13(12)17(30)27(16)10-24-20-22-9-23-21(26-20)25-11-28-18(31)14-7-3-4-8-15(14)19(28)32/h1-9H,10-11H2,(H2,22,23,24,25,26). The maximum atomic E-state index is 12.4. The normalized spacial score (nSPS) is 14.6. The van der Waals surface area contributed by atoms with Gasteiger partial charge < -0.3 is 10.6 Å². The molecule has 158 valence electrons. The van der Waals surface area contributed by atoms with E-state index in [9.17, 15) is 19.2 Å². The van der Waals surface area contributed by atoms with E-state index in [4.69, 9.17) is 0 Å². The van der Waals surface area contributed by atoms with E-state index in [1.807, 2.05) is 0 Å². The van der Waals surface area contributed by atoms with Crippen molar-refractivity contribution < 1.29 is 19.2 Å². The van der Waals surface area contributed by atoms with E-state index in [0.717, 1.165) is 9.80 Å². The van der Waals surface area contributed by atoms with Crippen molar-refractivity contribution in [2.45, 2.75) is 0 Å². The van der Waals surface area contributed by atoms with Crippen LogP contribution in [0.5, 0.6) is 0 Å². The van der Waals surface area contributed by atoms with Gasteiger partial charge in [0.25, 0.3) is 23.6 Å². The van der Waals surface area contributed by atoms with Crippen LogP contribution in [0.25, 0.3) is 0 Å². The fraction of sp³-hybridized carbons (Fsp3) is 0.0952. The maximum absolute atomic E-state index is 12.4. The molecule has 3 aromatic rings. The molecule has 5 rings (SSSR count). The number of carbonyl (C=O) groups excluding carboxylic acids is 4. The molecule has 2 aromatic carbocycles. The Balaban J connectivity index is 1.23. The van der Waals surface area contributed by atoms with Gasteiger partial charge in [-0.25, -0.2) is 9.97 Å². The molecule has 0 radical (unpaired) electrons. The Labute approximate surface area is 181 Å². The minimum Gasteiger partial charge on any atom is -0.336 e. The zero-order valence-corrected chi connectivity index (χ0v) is 16.5. The van der Waals surface area contributed by atoms with Gasteiger partial charge >= 0.3 is 0 Å². The summed E-state index contributed by atoms with van der Waals surface area (Å²) in [6, 6.07) is 13.2. The third-order valence-corrected chi connectivity index (χ3v) is 5.12. The molecular weight excluding hydrogens is 414 g/mol.